The van der Waals surface area contributed by atoms with Gasteiger partial charge in [0.05, 0.1) is 23.8 Å². The van der Waals surface area contributed by atoms with Crippen LogP contribution in [0.25, 0.3) is 16.7 Å². The van der Waals surface area contributed by atoms with E-state index in [-0.39, 0.29) is 12.1 Å². The topological polar surface area (TPSA) is 68.5 Å². The van der Waals surface area contributed by atoms with Crippen molar-refractivity contribution >= 4 is 16.7 Å². The van der Waals surface area contributed by atoms with E-state index in [0.29, 0.717) is 18.0 Å². The number of para-hydroxylation sites is 3. The highest BCUT2D eigenvalue weighted by atomic mass is 16.5. The highest BCUT2D eigenvalue weighted by molar-refractivity contribution is 5.83. The molecule has 0 spiro atoms. The van der Waals surface area contributed by atoms with E-state index in [1.165, 1.54) is 0 Å². The van der Waals surface area contributed by atoms with Crippen LogP contribution in [-0.2, 0) is 0 Å². The van der Waals surface area contributed by atoms with Gasteiger partial charge in [0.25, 0.3) is 0 Å². The van der Waals surface area contributed by atoms with Crippen molar-refractivity contribution in [1.82, 2.24) is 14.9 Å². The van der Waals surface area contributed by atoms with Gasteiger partial charge in [-0.25, -0.2) is 4.98 Å². The summed E-state index contributed by atoms with van der Waals surface area (Å²) in [7, 11) is 1.60. The van der Waals surface area contributed by atoms with Crippen LogP contribution in [0.4, 0.5) is 0 Å². The van der Waals surface area contributed by atoms with Gasteiger partial charge in [0, 0.05) is 17.6 Å². The van der Waals surface area contributed by atoms with Gasteiger partial charge in [-0.2, -0.15) is 0 Å². The van der Waals surface area contributed by atoms with Crippen molar-refractivity contribution < 1.29 is 14.6 Å². The Labute approximate surface area is 171 Å². The van der Waals surface area contributed by atoms with Crippen LogP contribution in [0.3, 0.4) is 0 Å². The number of nitrogens with one attached hydrogen (secondary N) is 1. The minimum atomic E-state index is -0.658. The third-order valence-electron chi connectivity index (χ3n) is 4.54. The number of imidazole rings is 1. The molecule has 1 heterocycles. The first kappa shape index (κ1) is 20.9. The van der Waals surface area contributed by atoms with Crippen LogP contribution in [0.15, 0.2) is 55.4 Å². The number of β-amino-alcohol motifs (C(OH)–C–C–N with tert-alkyl or cyclic N) is 1. The summed E-state index contributed by atoms with van der Waals surface area (Å²) in [4.78, 5) is 4.44. The number of hydrogen-bond acceptors (Lipinski definition) is 5. The minimum absolute atomic E-state index is 0.0760. The molecule has 1 aromatic heterocycles. The fourth-order valence-electron chi connectivity index (χ4n) is 3.02. The Morgan fingerprint density at radius 1 is 1.21 bits per heavy atom. The molecule has 2 N–H and O–H groups in total. The highest BCUT2D eigenvalue weighted by Crippen LogP contribution is 2.36. The molecule has 0 radical (unpaired) electrons. The number of rotatable bonds is 8. The molecule has 0 aliphatic carbocycles. The molecule has 0 bridgehead atoms. The summed E-state index contributed by atoms with van der Waals surface area (Å²) in [6.07, 6.45) is 1.09. The number of nitrogens with zero attached hydrogens (tertiary/aromatic N) is 2. The second-order valence-corrected chi connectivity index (χ2v) is 7.98. The number of ether oxygens (including phenoxy) is 2. The van der Waals surface area contributed by atoms with E-state index >= 15 is 0 Å². The van der Waals surface area contributed by atoms with Gasteiger partial charge in [-0.15, -0.1) is 0 Å². The minimum Gasteiger partial charge on any atom is -0.493 e. The van der Waals surface area contributed by atoms with Crippen LogP contribution >= 0.6 is 0 Å². The third kappa shape index (κ3) is 4.96. The molecule has 6 heteroatoms. The van der Waals surface area contributed by atoms with E-state index in [9.17, 15) is 5.11 Å². The summed E-state index contributed by atoms with van der Waals surface area (Å²) >= 11 is 0. The van der Waals surface area contributed by atoms with Crippen LogP contribution < -0.4 is 14.8 Å². The van der Waals surface area contributed by atoms with Crippen molar-refractivity contribution in [3.05, 3.63) is 60.9 Å². The Balaban J connectivity index is 1.85. The maximum atomic E-state index is 10.3. The molecule has 29 heavy (non-hydrogen) atoms. The maximum Gasteiger partial charge on any atom is 0.170 e. The largest absolute Gasteiger partial charge is 0.493 e. The Morgan fingerprint density at radius 2 is 1.97 bits per heavy atom. The van der Waals surface area contributed by atoms with Crippen molar-refractivity contribution in [3.8, 4) is 11.5 Å². The SMILES string of the molecule is C=C(c1cccc(OC)c1OCC(O)CNC(C)(C)C)n1cnc2ccccc21. The highest BCUT2D eigenvalue weighted by Gasteiger charge is 2.18. The maximum absolute atomic E-state index is 10.3. The zero-order chi connectivity index (χ0) is 21.0. The molecular formula is C23H29N3O3. The van der Waals surface area contributed by atoms with Crippen LogP contribution in [0.1, 0.15) is 26.3 Å². The second kappa shape index (κ2) is 8.68. The lowest BCUT2D eigenvalue weighted by Gasteiger charge is -2.23. The Morgan fingerprint density at radius 3 is 2.69 bits per heavy atom. The zero-order valence-electron chi connectivity index (χ0n) is 17.5. The molecule has 6 nitrogen and oxygen atoms in total. The normalized spacial score (nSPS) is 12.7. The molecule has 0 fully saturated rings. The fraction of sp³-hybridized carbons (Fsp3) is 0.348. The summed E-state index contributed by atoms with van der Waals surface area (Å²) in [5.41, 5.74) is 3.27. The van der Waals surface area contributed by atoms with Gasteiger partial charge in [0.1, 0.15) is 19.0 Å². The Bertz CT molecular complexity index is 988. The van der Waals surface area contributed by atoms with Gasteiger partial charge in [0.2, 0.25) is 0 Å². The molecule has 0 aliphatic rings. The molecule has 154 valence electrons. The zero-order valence-corrected chi connectivity index (χ0v) is 17.5. The van der Waals surface area contributed by atoms with E-state index in [4.69, 9.17) is 9.47 Å². The average molecular weight is 396 g/mol. The van der Waals surface area contributed by atoms with Crippen LogP contribution in [-0.4, -0.2) is 46.6 Å². The van der Waals surface area contributed by atoms with Gasteiger partial charge >= 0.3 is 0 Å². The number of benzene rings is 2. The molecule has 1 unspecified atom stereocenters. The third-order valence-corrected chi connectivity index (χ3v) is 4.54. The number of aromatic nitrogens is 2. The molecule has 2 aromatic carbocycles. The lowest BCUT2D eigenvalue weighted by Crippen LogP contribution is -2.42. The smallest absolute Gasteiger partial charge is 0.170 e. The molecule has 0 amide bonds. The summed E-state index contributed by atoms with van der Waals surface area (Å²) < 4.78 is 13.4. The number of methoxy groups -OCH3 is 1. The lowest BCUT2D eigenvalue weighted by molar-refractivity contribution is 0.0983. The van der Waals surface area contributed by atoms with Crippen LogP contribution in [0, 0.1) is 0 Å². The molecule has 1 atom stereocenters. The molecular weight excluding hydrogens is 366 g/mol. The number of fused-ring (bicyclic) bond motifs is 1. The first-order chi connectivity index (χ1) is 13.8. The average Bonchev–Trinajstić information content (AvgIpc) is 3.13. The Kier molecular flexibility index (Phi) is 6.25. The molecule has 3 aromatic rings. The summed E-state index contributed by atoms with van der Waals surface area (Å²) in [5, 5.41) is 13.6. The predicted molar refractivity (Wildman–Crippen MR) is 116 cm³/mol. The van der Waals surface area contributed by atoms with Crippen LogP contribution in [0.5, 0.6) is 11.5 Å². The molecule has 0 saturated carbocycles. The summed E-state index contributed by atoms with van der Waals surface area (Å²) in [5.74, 6) is 1.14. The fourth-order valence-corrected chi connectivity index (χ4v) is 3.02. The Hall–Kier alpha value is -2.83. The second-order valence-electron chi connectivity index (χ2n) is 7.98. The molecule has 0 saturated heterocycles. The standard InChI is InChI=1S/C23H29N3O3/c1-16(26-15-24-19-10-6-7-11-20(19)26)18-9-8-12-21(28-5)22(18)29-14-17(27)13-25-23(2,3)4/h6-12,15,17,25,27H,1,13-14H2,2-5H3. The molecule has 3 rings (SSSR count). The van der Waals surface area contributed by atoms with Crippen molar-refractivity contribution in [2.75, 3.05) is 20.3 Å². The first-order valence-corrected chi connectivity index (χ1v) is 9.65. The van der Waals surface area contributed by atoms with Crippen molar-refractivity contribution in [2.24, 2.45) is 0 Å². The molecule has 0 aliphatic heterocycles. The van der Waals surface area contributed by atoms with E-state index < -0.39 is 6.10 Å². The summed E-state index contributed by atoms with van der Waals surface area (Å²) in [6.45, 7) is 11.0. The number of hydrogen-bond donors (Lipinski definition) is 2. The quantitative estimate of drug-likeness (QED) is 0.609. The number of aliphatic hydroxyl groups is 1. The van der Waals surface area contributed by atoms with Gasteiger partial charge in [-0.3, -0.25) is 4.57 Å². The lowest BCUT2D eigenvalue weighted by atomic mass is 10.1. The van der Waals surface area contributed by atoms with E-state index in [1.54, 1.807) is 13.4 Å². The van der Waals surface area contributed by atoms with E-state index in [1.807, 2.05) is 47.0 Å². The van der Waals surface area contributed by atoms with Gasteiger partial charge in [-0.05, 0) is 45.0 Å². The van der Waals surface area contributed by atoms with Crippen molar-refractivity contribution in [1.29, 1.82) is 0 Å². The predicted octanol–water partition coefficient (Wildman–Crippen LogP) is 3.69. The summed E-state index contributed by atoms with van der Waals surface area (Å²) in [6, 6.07) is 13.5. The van der Waals surface area contributed by atoms with Gasteiger partial charge in [-0.1, -0.05) is 24.8 Å². The van der Waals surface area contributed by atoms with Crippen molar-refractivity contribution in [3.63, 3.8) is 0 Å². The van der Waals surface area contributed by atoms with Crippen molar-refractivity contribution in [2.45, 2.75) is 32.4 Å². The monoisotopic (exact) mass is 395 g/mol. The van der Waals surface area contributed by atoms with E-state index in [2.05, 4.69) is 37.7 Å². The van der Waals surface area contributed by atoms with Gasteiger partial charge < -0.3 is 19.9 Å². The van der Waals surface area contributed by atoms with E-state index in [0.717, 1.165) is 22.3 Å². The van der Waals surface area contributed by atoms with Gasteiger partial charge in [0.15, 0.2) is 11.5 Å². The number of aliphatic hydroxyl groups excluding tert-OH is 1. The first-order valence-electron chi connectivity index (χ1n) is 9.65. The van der Waals surface area contributed by atoms with Crippen LogP contribution in [0.2, 0.25) is 0 Å².